The first-order chi connectivity index (χ1) is 15.3. The van der Waals surface area contributed by atoms with Crippen molar-refractivity contribution in [3.8, 4) is 0 Å². The predicted molar refractivity (Wildman–Crippen MR) is 128 cm³/mol. The second-order valence-electron chi connectivity index (χ2n) is 7.86. The standard InChI is InChI=1S/C24H29N5O2S/c1-6-29-22(18(5)25-23(31)19-9-7-15(2)8-10-19)27-28-24(29)32-14-21(30)26-20-12-16(3)11-17(4)13-20/h7-13,18H,6,14H2,1-5H3,(H,25,31)(H,26,30)/t18-/m1/s1. The maximum Gasteiger partial charge on any atom is 0.251 e. The van der Waals surface area contributed by atoms with Crippen LogP contribution in [0.1, 0.15) is 52.8 Å². The summed E-state index contributed by atoms with van der Waals surface area (Å²) in [7, 11) is 0. The fraction of sp³-hybridized carbons (Fsp3) is 0.333. The van der Waals surface area contributed by atoms with Crippen LogP contribution in [-0.2, 0) is 11.3 Å². The minimum absolute atomic E-state index is 0.104. The molecule has 3 rings (SSSR count). The highest BCUT2D eigenvalue weighted by atomic mass is 32.2. The fourth-order valence-corrected chi connectivity index (χ4v) is 4.26. The molecule has 7 nitrogen and oxygen atoms in total. The van der Waals surface area contributed by atoms with Gasteiger partial charge in [0.2, 0.25) is 5.91 Å². The van der Waals surface area contributed by atoms with E-state index >= 15 is 0 Å². The van der Waals surface area contributed by atoms with Gasteiger partial charge in [-0.15, -0.1) is 10.2 Å². The van der Waals surface area contributed by atoms with Crippen molar-refractivity contribution in [3.63, 3.8) is 0 Å². The molecule has 0 radical (unpaired) electrons. The fourth-order valence-electron chi connectivity index (χ4n) is 3.45. The summed E-state index contributed by atoms with van der Waals surface area (Å²) in [6, 6.07) is 13.1. The molecule has 1 atom stereocenters. The maximum absolute atomic E-state index is 12.6. The molecule has 0 fully saturated rings. The highest BCUT2D eigenvalue weighted by Crippen LogP contribution is 2.22. The first-order valence-electron chi connectivity index (χ1n) is 10.6. The zero-order valence-corrected chi connectivity index (χ0v) is 19.9. The van der Waals surface area contributed by atoms with Gasteiger partial charge in [-0.2, -0.15) is 0 Å². The van der Waals surface area contributed by atoms with Gasteiger partial charge in [0.15, 0.2) is 11.0 Å². The third-order valence-corrected chi connectivity index (χ3v) is 5.91. The Bertz CT molecular complexity index is 1090. The topological polar surface area (TPSA) is 88.9 Å². The molecular formula is C24H29N5O2S. The normalized spacial score (nSPS) is 11.8. The molecule has 0 unspecified atom stereocenters. The average molecular weight is 452 g/mol. The van der Waals surface area contributed by atoms with Gasteiger partial charge in [-0.25, -0.2) is 0 Å². The number of thioether (sulfide) groups is 1. The van der Waals surface area contributed by atoms with Crippen LogP contribution in [0, 0.1) is 20.8 Å². The lowest BCUT2D eigenvalue weighted by atomic mass is 10.1. The monoisotopic (exact) mass is 451 g/mol. The van der Waals surface area contributed by atoms with Crippen molar-refractivity contribution in [1.29, 1.82) is 0 Å². The number of aryl methyl sites for hydroxylation is 3. The van der Waals surface area contributed by atoms with E-state index in [1.54, 1.807) is 12.1 Å². The first-order valence-corrected chi connectivity index (χ1v) is 11.6. The van der Waals surface area contributed by atoms with Crippen molar-refractivity contribution in [3.05, 3.63) is 70.5 Å². The minimum atomic E-state index is -0.324. The highest BCUT2D eigenvalue weighted by Gasteiger charge is 2.20. The van der Waals surface area contributed by atoms with Crippen molar-refractivity contribution in [2.45, 2.75) is 52.4 Å². The van der Waals surface area contributed by atoms with E-state index < -0.39 is 0 Å². The highest BCUT2D eigenvalue weighted by molar-refractivity contribution is 7.99. The average Bonchev–Trinajstić information content (AvgIpc) is 3.15. The van der Waals surface area contributed by atoms with Gasteiger partial charge >= 0.3 is 0 Å². The zero-order chi connectivity index (χ0) is 23.3. The van der Waals surface area contributed by atoms with Gasteiger partial charge in [-0.05, 0) is 70.0 Å². The van der Waals surface area contributed by atoms with Crippen LogP contribution in [0.4, 0.5) is 5.69 Å². The predicted octanol–water partition coefficient (Wildman–Crippen LogP) is 4.45. The summed E-state index contributed by atoms with van der Waals surface area (Å²) in [5, 5.41) is 15.1. The van der Waals surface area contributed by atoms with Crippen LogP contribution in [0.15, 0.2) is 47.6 Å². The van der Waals surface area contributed by atoms with Crippen LogP contribution in [0.2, 0.25) is 0 Å². The van der Waals surface area contributed by atoms with Crippen LogP contribution in [0.3, 0.4) is 0 Å². The van der Waals surface area contributed by atoms with Crippen molar-refractivity contribution in [2.24, 2.45) is 0 Å². The minimum Gasteiger partial charge on any atom is -0.342 e. The lowest BCUT2D eigenvalue weighted by molar-refractivity contribution is -0.113. The Labute approximate surface area is 193 Å². The molecule has 0 saturated heterocycles. The van der Waals surface area contributed by atoms with Crippen LogP contribution in [0.25, 0.3) is 0 Å². The van der Waals surface area contributed by atoms with Gasteiger partial charge in [0, 0.05) is 17.8 Å². The molecular weight excluding hydrogens is 422 g/mol. The van der Waals surface area contributed by atoms with Gasteiger partial charge in [-0.1, -0.05) is 35.5 Å². The van der Waals surface area contributed by atoms with Crippen LogP contribution in [-0.4, -0.2) is 32.3 Å². The van der Waals surface area contributed by atoms with E-state index in [9.17, 15) is 9.59 Å². The van der Waals surface area contributed by atoms with Gasteiger partial charge in [0.25, 0.3) is 5.91 Å². The molecule has 1 heterocycles. The summed E-state index contributed by atoms with van der Waals surface area (Å²) >= 11 is 1.33. The quantitative estimate of drug-likeness (QED) is 0.494. The summed E-state index contributed by atoms with van der Waals surface area (Å²) in [5.41, 5.74) is 4.69. The molecule has 0 aliphatic rings. The van der Waals surface area contributed by atoms with Gasteiger partial charge in [-0.3, -0.25) is 9.59 Å². The summed E-state index contributed by atoms with van der Waals surface area (Å²) in [6.07, 6.45) is 0. The van der Waals surface area contributed by atoms with Gasteiger partial charge in [0.1, 0.15) is 0 Å². The number of hydrogen-bond donors (Lipinski definition) is 2. The Hall–Kier alpha value is -3.13. The smallest absolute Gasteiger partial charge is 0.251 e. The lowest BCUT2D eigenvalue weighted by Gasteiger charge is -2.15. The number of benzene rings is 2. The zero-order valence-electron chi connectivity index (χ0n) is 19.1. The summed E-state index contributed by atoms with van der Waals surface area (Å²) < 4.78 is 1.93. The summed E-state index contributed by atoms with van der Waals surface area (Å²) in [5.74, 6) is 0.609. The number of carbonyl (C=O) groups excluding carboxylic acids is 2. The Morgan fingerprint density at radius 1 is 1.00 bits per heavy atom. The third-order valence-electron chi connectivity index (χ3n) is 4.95. The van der Waals surface area contributed by atoms with Crippen LogP contribution >= 0.6 is 11.8 Å². The largest absolute Gasteiger partial charge is 0.342 e. The van der Waals surface area contributed by atoms with E-state index in [2.05, 4.69) is 26.9 Å². The van der Waals surface area contributed by atoms with Crippen molar-refractivity contribution >= 4 is 29.3 Å². The second kappa shape index (κ2) is 10.5. The number of amides is 2. The van der Waals surface area contributed by atoms with E-state index in [0.717, 1.165) is 22.4 Å². The molecule has 2 aromatic carbocycles. The Balaban J connectivity index is 1.62. The Morgan fingerprint density at radius 3 is 2.28 bits per heavy atom. The SMILES string of the molecule is CCn1c(SCC(=O)Nc2cc(C)cc(C)c2)nnc1[C@@H](C)NC(=O)c1ccc(C)cc1. The van der Waals surface area contributed by atoms with Crippen LogP contribution in [0.5, 0.6) is 0 Å². The van der Waals surface area contributed by atoms with E-state index in [-0.39, 0.29) is 23.6 Å². The lowest BCUT2D eigenvalue weighted by Crippen LogP contribution is -2.28. The Kier molecular flexibility index (Phi) is 7.69. The molecule has 0 saturated carbocycles. The van der Waals surface area contributed by atoms with Gasteiger partial charge in [0.05, 0.1) is 11.8 Å². The van der Waals surface area contributed by atoms with E-state index in [1.165, 1.54) is 11.8 Å². The molecule has 2 amide bonds. The number of hydrogen-bond acceptors (Lipinski definition) is 5. The number of nitrogens with one attached hydrogen (secondary N) is 2. The third kappa shape index (κ3) is 5.97. The number of carbonyl (C=O) groups is 2. The van der Waals surface area contributed by atoms with Crippen LogP contribution < -0.4 is 10.6 Å². The number of aromatic nitrogens is 3. The number of rotatable bonds is 8. The molecule has 3 aromatic rings. The molecule has 8 heteroatoms. The second-order valence-corrected chi connectivity index (χ2v) is 8.80. The summed E-state index contributed by atoms with van der Waals surface area (Å²) in [6.45, 7) is 10.5. The summed E-state index contributed by atoms with van der Waals surface area (Å²) in [4.78, 5) is 25.0. The number of nitrogens with zero attached hydrogens (tertiary/aromatic N) is 3. The molecule has 0 aliphatic carbocycles. The van der Waals surface area contributed by atoms with Crippen molar-refractivity contribution < 1.29 is 9.59 Å². The molecule has 0 bridgehead atoms. The Morgan fingerprint density at radius 2 is 1.66 bits per heavy atom. The van der Waals surface area contributed by atoms with E-state index in [0.29, 0.717) is 23.1 Å². The van der Waals surface area contributed by atoms with E-state index in [4.69, 9.17) is 0 Å². The molecule has 1 aromatic heterocycles. The van der Waals surface area contributed by atoms with Gasteiger partial charge < -0.3 is 15.2 Å². The number of anilines is 1. The maximum atomic E-state index is 12.6. The first kappa shape index (κ1) is 23.5. The molecule has 168 valence electrons. The van der Waals surface area contributed by atoms with Crippen molar-refractivity contribution in [1.82, 2.24) is 20.1 Å². The molecule has 2 N–H and O–H groups in total. The van der Waals surface area contributed by atoms with E-state index in [1.807, 2.05) is 63.5 Å². The molecule has 32 heavy (non-hydrogen) atoms. The van der Waals surface area contributed by atoms with Crippen molar-refractivity contribution in [2.75, 3.05) is 11.1 Å². The molecule has 0 spiro atoms. The molecule has 0 aliphatic heterocycles.